The molecular weight excluding hydrogens is 385 g/mol. The highest BCUT2D eigenvalue weighted by Gasteiger charge is 2.21. The Kier molecular flexibility index (Phi) is 7.83. The standard InChI is InChI=1S/C19H23N5O.2ClH/c25-18(16-8-10-21-19(23-16)24-11-3-4-12-24)22-13-17-15-6-2-1-5-14(15)7-9-20-17;;/h1-2,5-6,8,10,17,20H,3-4,7,9,11-13H2,(H,22,25);2*1H. The summed E-state index contributed by atoms with van der Waals surface area (Å²) in [4.78, 5) is 23.4. The van der Waals surface area contributed by atoms with E-state index >= 15 is 0 Å². The van der Waals surface area contributed by atoms with Gasteiger partial charge in [-0.1, -0.05) is 24.3 Å². The lowest BCUT2D eigenvalue weighted by molar-refractivity contribution is 0.0944. The number of fused-ring (bicyclic) bond motifs is 1. The second-order valence-electron chi connectivity index (χ2n) is 6.60. The first kappa shape index (κ1) is 21.4. The molecular formula is C19H25Cl2N5O. The predicted octanol–water partition coefficient (Wildman–Crippen LogP) is 2.54. The van der Waals surface area contributed by atoms with Crippen molar-refractivity contribution in [2.24, 2.45) is 0 Å². The minimum Gasteiger partial charge on any atom is -0.349 e. The number of anilines is 1. The highest BCUT2D eigenvalue weighted by molar-refractivity contribution is 5.92. The average molecular weight is 410 g/mol. The van der Waals surface area contributed by atoms with E-state index in [9.17, 15) is 4.79 Å². The average Bonchev–Trinajstić information content (AvgIpc) is 3.21. The molecule has 0 saturated carbocycles. The van der Waals surface area contributed by atoms with E-state index in [1.165, 1.54) is 11.1 Å². The van der Waals surface area contributed by atoms with Crippen LogP contribution in [-0.2, 0) is 6.42 Å². The van der Waals surface area contributed by atoms with Gasteiger partial charge in [0.2, 0.25) is 5.95 Å². The zero-order valence-corrected chi connectivity index (χ0v) is 16.7. The zero-order chi connectivity index (χ0) is 17.1. The molecule has 1 unspecified atom stereocenters. The molecule has 2 aliphatic rings. The normalized spacial score (nSPS) is 18.1. The maximum atomic E-state index is 12.5. The molecule has 1 atom stereocenters. The van der Waals surface area contributed by atoms with E-state index in [1.807, 2.05) is 6.07 Å². The Morgan fingerprint density at radius 1 is 1.19 bits per heavy atom. The van der Waals surface area contributed by atoms with E-state index in [0.29, 0.717) is 18.2 Å². The Hall–Kier alpha value is -1.89. The van der Waals surface area contributed by atoms with E-state index in [0.717, 1.165) is 38.9 Å². The molecule has 0 spiro atoms. The van der Waals surface area contributed by atoms with Crippen molar-refractivity contribution in [2.75, 3.05) is 31.1 Å². The van der Waals surface area contributed by atoms with Gasteiger partial charge in [0.15, 0.2) is 0 Å². The fourth-order valence-electron chi connectivity index (χ4n) is 3.60. The van der Waals surface area contributed by atoms with Crippen molar-refractivity contribution in [1.29, 1.82) is 0 Å². The maximum absolute atomic E-state index is 12.5. The summed E-state index contributed by atoms with van der Waals surface area (Å²) in [5.74, 6) is 0.513. The van der Waals surface area contributed by atoms with Gasteiger partial charge in [-0.2, -0.15) is 0 Å². The first-order chi connectivity index (χ1) is 12.3. The first-order valence-corrected chi connectivity index (χ1v) is 8.98. The van der Waals surface area contributed by atoms with Gasteiger partial charge in [0.1, 0.15) is 5.69 Å². The van der Waals surface area contributed by atoms with Crippen molar-refractivity contribution in [2.45, 2.75) is 25.3 Å². The van der Waals surface area contributed by atoms with Crippen LogP contribution in [0.5, 0.6) is 0 Å². The number of nitrogens with zero attached hydrogens (tertiary/aromatic N) is 3. The van der Waals surface area contributed by atoms with Crippen LogP contribution in [0, 0.1) is 0 Å². The lowest BCUT2D eigenvalue weighted by Crippen LogP contribution is -2.39. The highest BCUT2D eigenvalue weighted by atomic mass is 35.5. The quantitative estimate of drug-likeness (QED) is 0.811. The third kappa shape index (κ3) is 4.89. The van der Waals surface area contributed by atoms with Crippen LogP contribution in [-0.4, -0.2) is 42.1 Å². The Morgan fingerprint density at radius 2 is 1.96 bits per heavy atom. The van der Waals surface area contributed by atoms with Crippen molar-refractivity contribution in [3.63, 3.8) is 0 Å². The molecule has 6 nitrogen and oxygen atoms in total. The van der Waals surface area contributed by atoms with Crippen LogP contribution >= 0.6 is 24.8 Å². The van der Waals surface area contributed by atoms with Crippen molar-refractivity contribution < 1.29 is 4.79 Å². The minimum atomic E-state index is -0.146. The number of amides is 1. The Bertz CT molecular complexity index is 767. The summed E-state index contributed by atoms with van der Waals surface area (Å²) in [6.07, 6.45) is 5.02. The summed E-state index contributed by atoms with van der Waals surface area (Å²) < 4.78 is 0. The maximum Gasteiger partial charge on any atom is 0.270 e. The van der Waals surface area contributed by atoms with Crippen LogP contribution in [0.25, 0.3) is 0 Å². The van der Waals surface area contributed by atoms with Gasteiger partial charge in [0.25, 0.3) is 5.91 Å². The number of aromatic nitrogens is 2. The highest BCUT2D eigenvalue weighted by Crippen LogP contribution is 2.22. The molecule has 146 valence electrons. The van der Waals surface area contributed by atoms with Crippen LogP contribution < -0.4 is 15.5 Å². The zero-order valence-electron chi connectivity index (χ0n) is 15.1. The summed E-state index contributed by atoms with van der Waals surface area (Å²) in [5, 5.41) is 6.50. The molecule has 2 N–H and O–H groups in total. The monoisotopic (exact) mass is 409 g/mol. The van der Waals surface area contributed by atoms with Crippen LogP contribution in [0.15, 0.2) is 36.5 Å². The van der Waals surface area contributed by atoms with Crippen molar-refractivity contribution >= 4 is 36.7 Å². The van der Waals surface area contributed by atoms with Gasteiger partial charge < -0.3 is 15.5 Å². The van der Waals surface area contributed by atoms with Gasteiger partial charge in [0.05, 0.1) is 0 Å². The molecule has 1 amide bonds. The number of nitrogens with one attached hydrogen (secondary N) is 2. The van der Waals surface area contributed by atoms with Gasteiger partial charge in [-0.15, -0.1) is 24.8 Å². The Morgan fingerprint density at radius 3 is 2.78 bits per heavy atom. The summed E-state index contributed by atoms with van der Waals surface area (Å²) in [7, 11) is 0. The third-order valence-corrected chi connectivity index (χ3v) is 4.95. The molecule has 1 aromatic heterocycles. The van der Waals surface area contributed by atoms with Gasteiger partial charge in [0, 0.05) is 31.9 Å². The van der Waals surface area contributed by atoms with Crippen LogP contribution in [0.1, 0.15) is 40.5 Å². The van der Waals surface area contributed by atoms with Crippen molar-refractivity contribution in [3.05, 3.63) is 53.3 Å². The fourth-order valence-corrected chi connectivity index (χ4v) is 3.60. The first-order valence-electron chi connectivity index (χ1n) is 8.98. The Balaban J connectivity index is 0.00000131. The number of hydrogen-bond donors (Lipinski definition) is 2. The molecule has 1 aromatic carbocycles. The van der Waals surface area contributed by atoms with E-state index in [-0.39, 0.29) is 36.8 Å². The number of carbonyl (C=O) groups is 1. The van der Waals surface area contributed by atoms with Crippen LogP contribution in [0.3, 0.4) is 0 Å². The largest absolute Gasteiger partial charge is 0.349 e. The van der Waals surface area contributed by atoms with Crippen molar-refractivity contribution in [3.8, 4) is 0 Å². The lowest BCUT2D eigenvalue weighted by Gasteiger charge is -2.27. The smallest absolute Gasteiger partial charge is 0.270 e. The number of hydrogen-bond acceptors (Lipinski definition) is 5. The van der Waals surface area contributed by atoms with E-state index in [1.54, 1.807) is 12.3 Å². The topological polar surface area (TPSA) is 70.2 Å². The number of benzene rings is 1. The number of carbonyl (C=O) groups excluding carboxylic acids is 1. The molecule has 1 saturated heterocycles. The molecule has 0 radical (unpaired) electrons. The second-order valence-corrected chi connectivity index (χ2v) is 6.60. The molecule has 27 heavy (non-hydrogen) atoms. The molecule has 4 rings (SSSR count). The minimum absolute atomic E-state index is 0. The molecule has 1 fully saturated rings. The van der Waals surface area contributed by atoms with Crippen molar-refractivity contribution in [1.82, 2.24) is 20.6 Å². The fraction of sp³-hybridized carbons (Fsp3) is 0.421. The van der Waals surface area contributed by atoms with Gasteiger partial charge in [-0.25, -0.2) is 9.97 Å². The number of rotatable bonds is 4. The van der Waals surface area contributed by atoms with Crippen LogP contribution in [0.2, 0.25) is 0 Å². The summed E-state index contributed by atoms with van der Waals surface area (Å²) >= 11 is 0. The van der Waals surface area contributed by atoms with Gasteiger partial charge in [-0.3, -0.25) is 4.79 Å². The SMILES string of the molecule is Cl.Cl.O=C(NCC1NCCc2ccccc21)c1ccnc(N2CCCC2)n1. The van der Waals surface area contributed by atoms with E-state index < -0.39 is 0 Å². The third-order valence-electron chi connectivity index (χ3n) is 4.95. The van der Waals surface area contributed by atoms with Gasteiger partial charge >= 0.3 is 0 Å². The van der Waals surface area contributed by atoms with E-state index in [4.69, 9.17) is 0 Å². The Labute approximate surface area is 172 Å². The number of halogens is 2. The van der Waals surface area contributed by atoms with E-state index in [2.05, 4.69) is 43.7 Å². The molecule has 2 aromatic rings. The summed E-state index contributed by atoms with van der Waals surface area (Å²) in [6.45, 7) is 3.42. The lowest BCUT2D eigenvalue weighted by atomic mass is 9.94. The van der Waals surface area contributed by atoms with Crippen LogP contribution in [0.4, 0.5) is 5.95 Å². The molecule has 3 heterocycles. The molecule has 0 bridgehead atoms. The summed E-state index contributed by atoms with van der Waals surface area (Å²) in [6, 6.07) is 10.2. The predicted molar refractivity (Wildman–Crippen MR) is 111 cm³/mol. The van der Waals surface area contributed by atoms with Gasteiger partial charge in [-0.05, 0) is 43.0 Å². The second kappa shape index (κ2) is 9.88. The molecule has 0 aliphatic carbocycles. The summed E-state index contributed by atoms with van der Waals surface area (Å²) in [5.41, 5.74) is 3.06. The molecule has 8 heteroatoms. The molecule has 2 aliphatic heterocycles.